The summed E-state index contributed by atoms with van der Waals surface area (Å²) in [6.45, 7) is 6.61. The zero-order valence-corrected chi connectivity index (χ0v) is 16.2. The van der Waals surface area contributed by atoms with Crippen molar-refractivity contribution in [2.45, 2.75) is 39.0 Å². The van der Waals surface area contributed by atoms with Crippen LogP contribution in [0, 0.1) is 0 Å². The molecule has 0 aliphatic rings. The number of pyridine rings is 2. The molecule has 25 heavy (non-hydrogen) atoms. The van der Waals surface area contributed by atoms with Crippen LogP contribution in [0.2, 0.25) is 0 Å². The van der Waals surface area contributed by atoms with Crippen molar-refractivity contribution >= 4 is 27.0 Å². The summed E-state index contributed by atoms with van der Waals surface area (Å²) in [6.07, 6.45) is 7.00. The molecule has 0 saturated heterocycles. The lowest BCUT2D eigenvalue weighted by Crippen LogP contribution is -2.01. The number of fused-ring (bicyclic) bond motifs is 2. The summed E-state index contributed by atoms with van der Waals surface area (Å²) in [5, 5.41) is 0. The second-order valence-corrected chi connectivity index (χ2v) is 7.65. The average Bonchev–Trinajstić information content (AvgIpc) is 3.16. The Morgan fingerprint density at radius 3 is 2.68 bits per heavy atom. The van der Waals surface area contributed by atoms with Crippen LogP contribution in [0.3, 0.4) is 0 Å². The number of hydrogen-bond donors (Lipinski definition) is 0. The Hall–Kier alpha value is -2.14. The number of hydrogen-bond acceptors (Lipinski definition) is 2. The van der Waals surface area contributed by atoms with Gasteiger partial charge in [0.05, 0.1) is 28.7 Å². The lowest BCUT2D eigenvalue weighted by atomic mass is 9.97. The van der Waals surface area contributed by atoms with Crippen LogP contribution in [0.4, 0.5) is 0 Å². The largest absolute Gasteiger partial charge is 0.306 e. The van der Waals surface area contributed by atoms with Gasteiger partial charge in [-0.15, -0.1) is 0 Å². The van der Waals surface area contributed by atoms with Gasteiger partial charge in [-0.05, 0) is 58.1 Å². The first-order valence-corrected chi connectivity index (χ1v) is 9.42. The summed E-state index contributed by atoms with van der Waals surface area (Å²) in [5.41, 5.74) is 5.96. The minimum atomic E-state index is 0.351. The molecular weight excluding hydrogens is 376 g/mol. The Morgan fingerprint density at radius 1 is 1.04 bits per heavy atom. The monoisotopic (exact) mass is 396 g/mol. The third-order valence-corrected chi connectivity index (χ3v) is 5.28. The van der Waals surface area contributed by atoms with Gasteiger partial charge in [-0.3, -0.25) is 4.40 Å². The Balaban J connectivity index is 1.69. The summed E-state index contributed by atoms with van der Waals surface area (Å²) in [4.78, 5) is 9.31. The van der Waals surface area contributed by atoms with Crippen molar-refractivity contribution in [3.8, 4) is 0 Å². The molecule has 0 saturated carbocycles. The molecule has 0 spiro atoms. The number of imidazole rings is 2. The van der Waals surface area contributed by atoms with Crippen LogP contribution in [-0.2, 0) is 6.42 Å². The molecule has 0 fully saturated rings. The van der Waals surface area contributed by atoms with Gasteiger partial charge in [0, 0.05) is 18.3 Å². The topological polar surface area (TPSA) is 34.6 Å². The summed E-state index contributed by atoms with van der Waals surface area (Å²) < 4.78 is 5.06. The highest BCUT2D eigenvalue weighted by Gasteiger charge is 2.16. The zero-order valence-electron chi connectivity index (χ0n) is 14.6. The molecule has 0 aliphatic heterocycles. The Labute approximate surface area is 155 Å². The van der Waals surface area contributed by atoms with Crippen LogP contribution in [0.25, 0.3) is 11.0 Å². The minimum Gasteiger partial charge on any atom is -0.306 e. The van der Waals surface area contributed by atoms with Crippen LogP contribution >= 0.6 is 15.9 Å². The van der Waals surface area contributed by atoms with Gasteiger partial charge >= 0.3 is 0 Å². The first kappa shape index (κ1) is 16.3. The van der Waals surface area contributed by atoms with E-state index in [1.807, 2.05) is 18.6 Å². The molecule has 0 aromatic carbocycles. The number of halogens is 1. The summed E-state index contributed by atoms with van der Waals surface area (Å²) in [7, 11) is 0. The fourth-order valence-corrected chi connectivity index (χ4v) is 3.96. The number of aromatic nitrogens is 4. The van der Waals surface area contributed by atoms with Crippen molar-refractivity contribution in [2.24, 2.45) is 0 Å². The third kappa shape index (κ3) is 2.86. The summed E-state index contributed by atoms with van der Waals surface area (Å²) in [5.74, 6) is 0.745. The molecule has 0 amide bonds. The van der Waals surface area contributed by atoms with Crippen LogP contribution in [0.5, 0.6) is 0 Å². The molecule has 4 aromatic rings. The second kappa shape index (κ2) is 6.30. The van der Waals surface area contributed by atoms with Crippen LogP contribution in [0.1, 0.15) is 49.6 Å². The maximum atomic E-state index is 4.66. The van der Waals surface area contributed by atoms with E-state index in [-0.39, 0.29) is 0 Å². The molecule has 0 aliphatic carbocycles. The molecule has 0 bridgehead atoms. The van der Waals surface area contributed by atoms with Crippen LogP contribution in [0.15, 0.2) is 53.8 Å². The summed E-state index contributed by atoms with van der Waals surface area (Å²) in [6, 6.07) is 10.7. The van der Waals surface area contributed by atoms with E-state index in [4.69, 9.17) is 0 Å². The molecule has 5 heteroatoms. The van der Waals surface area contributed by atoms with Crippen molar-refractivity contribution in [3.63, 3.8) is 0 Å². The molecule has 128 valence electrons. The van der Waals surface area contributed by atoms with Gasteiger partial charge in [0.2, 0.25) is 0 Å². The Kier molecular flexibility index (Phi) is 4.12. The van der Waals surface area contributed by atoms with E-state index in [2.05, 4.69) is 85.9 Å². The van der Waals surface area contributed by atoms with Crippen molar-refractivity contribution in [1.29, 1.82) is 0 Å². The molecule has 0 radical (unpaired) electrons. The van der Waals surface area contributed by atoms with E-state index < -0.39 is 0 Å². The van der Waals surface area contributed by atoms with Gasteiger partial charge in [0.15, 0.2) is 4.73 Å². The van der Waals surface area contributed by atoms with Gasteiger partial charge in [-0.25, -0.2) is 9.97 Å². The smallest absolute Gasteiger partial charge is 0.181 e. The zero-order chi connectivity index (χ0) is 17.6. The van der Waals surface area contributed by atoms with E-state index in [1.54, 1.807) is 0 Å². The van der Waals surface area contributed by atoms with Gasteiger partial charge in [0.1, 0.15) is 0 Å². The highest BCUT2D eigenvalue weighted by atomic mass is 79.9. The van der Waals surface area contributed by atoms with Crippen molar-refractivity contribution in [1.82, 2.24) is 18.8 Å². The maximum Gasteiger partial charge on any atom is 0.181 e. The summed E-state index contributed by atoms with van der Waals surface area (Å²) >= 11 is 3.56. The van der Waals surface area contributed by atoms with Gasteiger partial charge in [-0.2, -0.15) is 0 Å². The van der Waals surface area contributed by atoms with Gasteiger partial charge in [-0.1, -0.05) is 26.8 Å². The highest BCUT2D eigenvalue weighted by molar-refractivity contribution is 9.10. The van der Waals surface area contributed by atoms with E-state index in [9.17, 15) is 0 Å². The van der Waals surface area contributed by atoms with E-state index >= 15 is 0 Å². The van der Waals surface area contributed by atoms with Gasteiger partial charge in [0.25, 0.3) is 0 Å². The maximum absolute atomic E-state index is 4.66. The predicted molar refractivity (Wildman–Crippen MR) is 104 cm³/mol. The molecular formula is C20H21BrN4. The SMILES string of the molecule is CC(C)c1nc(Br)n2ccc(CC(C)c3ncn4ccccc34)cc12. The molecule has 1 atom stereocenters. The fraction of sp³-hybridized carbons (Fsp3) is 0.300. The quantitative estimate of drug-likeness (QED) is 0.474. The first-order chi connectivity index (χ1) is 12.0. The highest BCUT2D eigenvalue weighted by Crippen LogP contribution is 2.28. The molecule has 1 unspecified atom stereocenters. The normalized spacial score (nSPS) is 13.2. The molecule has 4 heterocycles. The lowest BCUT2D eigenvalue weighted by Gasteiger charge is -2.11. The van der Waals surface area contributed by atoms with Crippen molar-refractivity contribution in [2.75, 3.05) is 0 Å². The van der Waals surface area contributed by atoms with Crippen LogP contribution < -0.4 is 0 Å². The first-order valence-electron chi connectivity index (χ1n) is 8.62. The van der Waals surface area contributed by atoms with Crippen LogP contribution in [-0.4, -0.2) is 18.8 Å². The molecule has 4 nitrogen and oxygen atoms in total. The van der Waals surface area contributed by atoms with Crippen molar-refractivity contribution in [3.05, 3.63) is 70.7 Å². The fourth-order valence-electron chi connectivity index (χ4n) is 3.46. The molecule has 4 rings (SSSR count). The third-order valence-electron chi connectivity index (χ3n) is 4.72. The van der Waals surface area contributed by atoms with E-state index in [0.717, 1.165) is 22.5 Å². The standard InChI is InChI=1S/C20H21BrN4/c1-13(2)18-17-11-15(7-9-25(17)20(21)23-18)10-14(3)19-16-6-4-5-8-24(16)12-22-19/h4-9,11-14H,10H2,1-3H3. The average molecular weight is 397 g/mol. The Morgan fingerprint density at radius 2 is 1.88 bits per heavy atom. The second-order valence-electron chi connectivity index (χ2n) is 6.94. The van der Waals surface area contributed by atoms with Crippen molar-refractivity contribution < 1.29 is 0 Å². The number of rotatable bonds is 4. The van der Waals surface area contributed by atoms with E-state index in [0.29, 0.717) is 11.8 Å². The minimum absolute atomic E-state index is 0.351. The molecule has 4 aromatic heterocycles. The Bertz CT molecular complexity index is 1040. The molecule has 0 N–H and O–H groups in total. The van der Waals surface area contributed by atoms with Gasteiger partial charge < -0.3 is 4.40 Å². The lowest BCUT2D eigenvalue weighted by molar-refractivity contribution is 0.742. The number of nitrogens with zero attached hydrogens (tertiary/aromatic N) is 4. The predicted octanol–water partition coefficient (Wildman–Crippen LogP) is 5.21. The van der Waals surface area contributed by atoms with E-state index in [1.165, 1.54) is 16.6 Å².